The first-order chi connectivity index (χ1) is 18.8. The van der Waals surface area contributed by atoms with E-state index in [1.54, 1.807) is 6.07 Å². The number of amides is 3. The van der Waals surface area contributed by atoms with E-state index in [4.69, 9.17) is 43.0 Å². The minimum atomic E-state index is -1.82. The van der Waals surface area contributed by atoms with Crippen molar-refractivity contribution in [1.29, 1.82) is 0 Å². The summed E-state index contributed by atoms with van der Waals surface area (Å²) in [6.07, 6.45) is 7.44. The van der Waals surface area contributed by atoms with E-state index in [1.807, 2.05) is 23.9 Å². The summed E-state index contributed by atoms with van der Waals surface area (Å²) >= 11 is 12.1. The summed E-state index contributed by atoms with van der Waals surface area (Å²) in [5.41, 5.74) is 0.675. The molecule has 3 rings (SSSR count). The topological polar surface area (TPSA) is 156 Å². The van der Waals surface area contributed by atoms with Crippen molar-refractivity contribution in [2.45, 2.75) is 57.4 Å². The zero-order valence-corrected chi connectivity index (χ0v) is 24.4. The van der Waals surface area contributed by atoms with Crippen molar-refractivity contribution < 1.29 is 34.2 Å². The van der Waals surface area contributed by atoms with Gasteiger partial charge >= 0.3 is 11.9 Å². The van der Waals surface area contributed by atoms with Gasteiger partial charge < -0.3 is 30.6 Å². The van der Waals surface area contributed by atoms with E-state index in [1.165, 1.54) is 37.8 Å². The van der Waals surface area contributed by atoms with Gasteiger partial charge in [0.25, 0.3) is 5.91 Å². The van der Waals surface area contributed by atoms with E-state index in [9.17, 15) is 14.4 Å². The van der Waals surface area contributed by atoms with Gasteiger partial charge in [-0.2, -0.15) is 0 Å². The molecule has 11 nitrogen and oxygen atoms in total. The van der Waals surface area contributed by atoms with Crippen LogP contribution in [0.2, 0.25) is 10.0 Å². The van der Waals surface area contributed by atoms with Gasteiger partial charge in [0.1, 0.15) is 6.04 Å². The minimum absolute atomic E-state index is 0.129. The molecule has 3 amide bonds. The third-order valence-corrected chi connectivity index (χ3v) is 7.69. The highest BCUT2D eigenvalue weighted by atomic mass is 35.5. The van der Waals surface area contributed by atoms with E-state index >= 15 is 0 Å². The number of aliphatic carboxylic acids is 2. The lowest BCUT2D eigenvalue weighted by Crippen LogP contribution is -2.52. The molecule has 0 radical (unpaired) electrons. The van der Waals surface area contributed by atoms with Crippen LogP contribution in [-0.2, 0) is 19.2 Å². The number of hydrogen-bond acceptors (Lipinski definition) is 6. The lowest BCUT2D eigenvalue weighted by atomic mass is 9.77. The van der Waals surface area contributed by atoms with Gasteiger partial charge in [-0.1, -0.05) is 36.0 Å². The molecule has 1 aliphatic carbocycles. The van der Waals surface area contributed by atoms with Gasteiger partial charge in [0.15, 0.2) is 0 Å². The Morgan fingerprint density at radius 1 is 0.950 bits per heavy atom. The van der Waals surface area contributed by atoms with Crippen LogP contribution in [0.3, 0.4) is 0 Å². The molecule has 13 heteroatoms. The van der Waals surface area contributed by atoms with Crippen molar-refractivity contribution in [3.05, 3.63) is 33.8 Å². The summed E-state index contributed by atoms with van der Waals surface area (Å²) in [7, 11) is 3.87. The molecule has 2 aliphatic rings. The first-order valence-electron chi connectivity index (χ1n) is 13.3. The molecule has 1 aromatic rings. The summed E-state index contributed by atoms with van der Waals surface area (Å²) in [5, 5.41) is 21.2. The summed E-state index contributed by atoms with van der Waals surface area (Å²) in [5.74, 6) is -4.34. The maximum Gasteiger partial charge on any atom is 0.414 e. The first kappa shape index (κ1) is 33.3. The number of carbonyl (C=O) groups excluding carboxylic acids is 3. The number of rotatable bonds is 9. The smallest absolute Gasteiger partial charge is 0.414 e. The third-order valence-electron chi connectivity index (χ3n) is 7.25. The number of nitrogens with zero attached hydrogens (tertiary/aromatic N) is 2. The molecule has 40 heavy (non-hydrogen) atoms. The lowest BCUT2D eigenvalue weighted by molar-refractivity contribution is -0.159. The highest BCUT2D eigenvalue weighted by molar-refractivity contribution is 6.35. The minimum Gasteiger partial charge on any atom is -0.473 e. The number of carboxylic acids is 2. The second kappa shape index (κ2) is 15.8. The molecule has 2 fully saturated rings. The molecule has 1 atom stereocenters. The van der Waals surface area contributed by atoms with E-state index in [0.717, 1.165) is 19.4 Å². The number of hydrogen-bond donors (Lipinski definition) is 4. The largest absolute Gasteiger partial charge is 0.473 e. The van der Waals surface area contributed by atoms with Crippen LogP contribution in [0.1, 0.15) is 61.7 Å². The Morgan fingerprint density at radius 2 is 1.50 bits per heavy atom. The number of benzene rings is 1. The van der Waals surface area contributed by atoms with E-state index in [-0.39, 0.29) is 30.2 Å². The summed E-state index contributed by atoms with van der Waals surface area (Å²) in [6.45, 7) is 2.66. The Morgan fingerprint density at radius 3 is 2.00 bits per heavy atom. The highest BCUT2D eigenvalue weighted by Gasteiger charge is 2.39. The predicted molar refractivity (Wildman–Crippen MR) is 151 cm³/mol. The van der Waals surface area contributed by atoms with Crippen LogP contribution in [0.4, 0.5) is 0 Å². The Labute approximate surface area is 244 Å². The Hall–Kier alpha value is -2.89. The average Bonchev–Trinajstić information content (AvgIpc) is 3.33. The maximum atomic E-state index is 13.4. The van der Waals surface area contributed by atoms with Crippen molar-refractivity contribution in [2.75, 3.05) is 40.3 Å². The van der Waals surface area contributed by atoms with Crippen LogP contribution in [0.15, 0.2) is 18.2 Å². The monoisotopic (exact) mass is 600 g/mol. The van der Waals surface area contributed by atoms with Crippen LogP contribution >= 0.6 is 23.2 Å². The van der Waals surface area contributed by atoms with Crippen molar-refractivity contribution in [1.82, 2.24) is 20.4 Å². The summed E-state index contributed by atoms with van der Waals surface area (Å²) < 4.78 is 0. The van der Waals surface area contributed by atoms with Crippen LogP contribution in [0, 0.1) is 5.41 Å². The second-order valence-corrected chi connectivity index (χ2v) is 11.4. The van der Waals surface area contributed by atoms with Crippen molar-refractivity contribution in [3.8, 4) is 0 Å². The van der Waals surface area contributed by atoms with Gasteiger partial charge in [-0.25, -0.2) is 9.59 Å². The Kier molecular flexibility index (Phi) is 13.1. The molecule has 1 aliphatic heterocycles. The number of likely N-dealkylation sites (tertiary alicyclic amines) is 1. The number of carboxylic acid groups (broad SMARTS) is 2. The van der Waals surface area contributed by atoms with Crippen LogP contribution in [0.5, 0.6) is 0 Å². The third kappa shape index (κ3) is 10.9. The standard InChI is InChI=1S/C25H36Cl2N4O3.C2H2O4/c1-30(2)14-11-28-22(32)6-5-21(29-23(33)18-15-19(26)17-20(27)16-18)24(34)31-12-9-25(10-13-31)7-3-4-8-25;3-1(4)2(5)6/h15-17,21H,3-14H2,1-2H3,(H,28,32)(H,29,33);(H,3,4)(H,5,6). The normalized spacial score (nSPS) is 16.6. The molecule has 1 aromatic carbocycles. The quantitative estimate of drug-likeness (QED) is 0.315. The SMILES string of the molecule is CN(C)CCNC(=O)CCC(NC(=O)c1cc(Cl)cc(Cl)c1)C(=O)N1CCC2(CCCC2)CC1.O=C(O)C(=O)O. The molecule has 1 unspecified atom stereocenters. The molecule has 4 N–H and O–H groups in total. The van der Waals surface area contributed by atoms with Crippen LogP contribution < -0.4 is 10.6 Å². The predicted octanol–water partition coefficient (Wildman–Crippen LogP) is 2.89. The van der Waals surface area contributed by atoms with Crippen molar-refractivity contribution in [3.63, 3.8) is 0 Å². The number of carbonyl (C=O) groups is 5. The van der Waals surface area contributed by atoms with Crippen molar-refractivity contribution >= 4 is 52.9 Å². The van der Waals surface area contributed by atoms with Gasteiger partial charge in [0.05, 0.1) is 0 Å². The summed E-state index contributed by atoms with van der Waals surface area (Å²) in [6, 6.07) is 3.79. The number of halogens is 2. The molecule has 0 bridgehead atoms. The van der Waals surface area contributed by atoms with Gasteiger partial charge in [0, 0.05) is 48.2 Å². The number of nitrogens with one attached hydrogen (secondary N) is 2. The maximum absolute atomic E-state index is 13.4. The molecule has 222 valence electrons. The average molecular weight is 602 g/mol. The van der Waals surface area contributed by atoms with Gasteiger partial charge in [-0.3, -0.25) is 14.4 Å². The molecule has 1 heterocycles. The fraction of sp³-hybridized carbons (Fsp3) is 0.593. The Bertz CT molecular complexity index is 1030. The first-order valence-corrected chi connectivity index (χ1v) is 14.0. The highest BCUT2D eigenvalue weighted by Crippen LogP contribution is 2.46. The van der Waals surface area contributed by atoms with Crippen LogP contribution in [0.25, 0.3) is 0 Å². The zero-order chi connectivity index (χ0) is 29.9. The van der Waals surface area contributed by atoms with E-state index < -0.39 is 23.9 Å². The molecular weight excluding hydrogens is 563 g/mol. The second-order valence-electron chi connectivity index (χ2n) is 10.5. The molecule has 1 spiro atoms. The zero-order valence-electron chi connectivity index (χ0n) is 22.9. The van der Waals surface area contributed by atoms with Gasteiger partial charge in [0.2, 0.25) is 11.8 Å². The Balaban J connectivity index is 0.000000840. The molecule has 0 aromatic heterocycles. The lowest BCUT2D eigenvalue weighted by Gasteiger charge is -2.40. The summed E-state index contributed by atoms with van der Waals surface area (Å²) in [4.78, 5) is 60.7. The van der Waals surface area contributed by atoms with Crippen molar-refractivity contribution in [2.24, 2.45) is 5.41 Å². The van der Waals surface area contributed by atoms with E-state index in [0.29, 0.717) is 35.1 Å². The molecular formula is C27H38Cl2N4O7. The number of likely N-dealkylation sites (N-methyl/N-ethyl adjacent to an activating group) is 1. The fourth-order valence-corrected chi connectivity index (χ4v) is 5.54. The van der Waals surface area contributed by atoms with Gasteiger partial charge in [-0.15, -0.1) is 0 Å². The van der Waals surface area contributed by atoms with Crippen LogP contribution in [-0.4, -0.2) is 96.0 Å². The molecule has 1 saturated carbocycles. The molecule has 1 saturated heterocycles. The fourth-order valence-electron chi connectivity index (χ4n) is 5.01. The van der Waals surface area contributed by atoms with Gasteiger partial charge in [-0.05, 0) is 69.8 Å². The van der Waals surface area contributed by atoms with E-state index in [2.05, 4.69) is 10.6 Å². The number of piperidine rings is 1.